The Kier molecular flexibility index (Phi) is 2.58. The van der Waals surface area contributed by atoms with Crippen LogP contribution in [0.3, 0.4) is 0 Å². The summed E-state index contributed by atoms with van der Waals surface area (Å²) in [5.74, 6) is 0. The van der Waals surface area contributed by atoms with Crippen molar-refractivity contribution in [3.8, 4) is 0 Å². The monoisotopic (exact) mass is 258 g/mol. The number of halogens is 2. The summed E-state index contributed by atoms with van der Waals surface area (Å²) in [6.45, 7) is 2.02. The number of hydrogen-bond acceptors (Lipinski definition) is 0. The number of rotatable bonds is 0. The van der Waals surface area contributed by atoms with Crippen LogP contribution in [0, 0.1) is 6.92 Å². The van der Waals surface area contributed by atoms with Gasteiger partial charge in [-0.15, -0.1) is 0 Å². The van der Waals surface area contributed by atoms with Gasteiger partial charge in [0.05, 0.1) is 0 Å². The molecule has 0 aliphatic heterocycles. The minimum absolute atomic E-state index is 0.762. The lowest BCUT2D eigenvalue weighted by molar-refractivity contribution is 1.43. The first-order chi connectivity index (χ1) is 4.61. The van der Waals surface area contributed by atoms with Gasteiger partial charge in [-0.05, 0) is 18.6 Å². The molecule has 3 heteroatoms. The fourth-order valence-corrected chi connectivity index (χ4v) is 1.48. The third kappa shape index (κ3) is 1.64. The summed E-state index contributed by atoms with van der Waals surface area (Å²) < 4.78 is 2.00. The number of hydrogen-bond donors (Lipinski definition) is 0. The van der Waals surface area contributed by atoms with E-state index in [0.29, 0.717) is 0 Å². The highest BCUT2D eigenvalue weighted by Gasteiger charge is 1.97. The van der Waals surface area contributed by atoms with Crippen molar-refractivity contribution in [2.75, 3.05) is 0 Å². The smallest absolute Gasteiger partial charge is 0.0816 e. The molecular formula is C7H5BBr2. The van der Waals surface area contributed by atoms with E-state index in [2.05, 4.69) is 31.9 Å². The van der Waals surface area contributed by atoms with Gasteiger partial charge in [-0.3, -0.25) is 0 Å². The molecule has 50 valence electrons. The standard InChI is InChI=1S/C7H5BBr2/c1-4-2-7(10)5(8)3-6(4)9/h2-3H,1H3. The second-order valence-corrected chi connectivity index (χ2v) is 3.83. The predicted octanol–water partition coefficient (Wildman–Crippen LogP) is 2.31. The molecule has 0 aromatic heterocycles. The van der Waals surface area contributed by atoms with Crippen LogP contribution in [0.25, 0.3) is 0 Å². The normalized spacial score (nSPS) is 9.90. The molecule has 2 radical (unpaired) electrons. The van der Waals surface area contributed by atoms with Crippen molar-refractivity contribution in [1.29, 1.82) is 0 Å². The lowest BCUT2D eigenvalue weighted by Crippen LogP contribution is -2.04. The van der Waals surface area contributed by atoms with Crippen LogP contribution in [0.5, 0.6) is 0 Å². The maximum Gasteiger partial charge on any atom is 0.115 e. The molecule has 0 aliphatic carbocycles. The molecule has 10 heavy (non-hydrogen) atoms. The molecule has 0 atom stereocenters. The Labute approximate surface area is 78.7 Å². The van der Waals surface area contributed by atoms with Crippen molar-refractivity contribution in [3.63, 3.8) is 0 Å². The Morgan fingerprint density at radius 1 is 1.20 bits per heavy atom. The fraction of sp³-hybridized carbons (Fsp3) is 0.143. The molecular weight excluding hydrogens is 255 g/mol. The topological polar surface area (TPSA) is 0 Å². The fourth-order valence-electron chi connectivity index (χ4n) is 0.662. The Morgan fingerprint density at radius 3 is 2.30 bits per heavy atom. The molecule has 1 rings (SSSR count). The molecule has 0 aliphatic rings. The Morgan fingerprint density at radius 2 is 1.80 bits per heavy atom. The van der Waals surface area contributed by atoms with E-state index in [1.165, 1.54) is 5.56 Å². The van der Waals surface area contributed by atoms with Crippen LogP contribution in [0.1, 0.15) is 5.56 Å². The van der Waals surface area contributed by atoms with Crippen molar-refractivity contribution in [2.45, 2.75) is 6.92 Å². The van der Waals surface area contributed by atoms with Gasteiger partial charge in [0.2, 0.25) is 0 Å². The molecule has 1 aromatic carbocycles. The Balaban J connectivity index is 3.28. The van der Waals surface area contributed by atoms with Gasteiger partial charge < -0.3 is 0 Å². The summed E-state index contributed by atoms with van der Waals surface area (Å²) in [5, 5.41) is 0. The second-order valence-electron chi connectivity index (χ2n) is 2.12. The zero-order valence-electron chi connectivity index (χ0n) is 5.49. The first kappa shape index (κ1) is 8.34. The summed E-state index contributed by atoms with van der Waals surface area (Å²) in [5.41, 5.74) is 1.94. The molecule has 0 fully saturated rings. The van der Waals surface area contributed by atoms with Gasteiger partial charge in [0.15, 0.2) is 0 Å². The molecule has 0 heterocycles. The van der Waals surface area contributed by atoms with Crippen molar-refractivity contribution in [2.24, 2.45) is 0 Å². The zero-order chi connectivity index (χ0) is 7.72. The average molecular weight is 260 g/mol. The summed E-state index contributed by atoms with van der Waals surface area (Å²) in [7, 11) is 5.61. The van der Waals surface area contributed by atoms with Crippen LogP contribution in [0.2, 0.25) is 0 Å². The minimum atomic E-state index is 0.762. The van der Waals surface area contributed by atoms with E-state index in [0.717, 1.165) is 14.4 Å². The van der Waals surface area contributed by atoms with Gasteiger partial charge >= 0.3 is 0 Å². The molecule has 0 nitrogen and oxygen atoms in total. The van der Waals surface area contributed by atoms with Gasteiger partial charge in [-0.1, -0.05) is 43.4 Å². The maximum atomic E-state index is 5.61. The van der Waals surface area contributed by atoms with Crippen molar-refractivity contribution in [1.82, 2.24) is 0 Å². The molecule has 0 saturated carbocycles. The number of benzene rings is 1. The van der Waals surface area contributed by atoms with Crippen LogP contribution < -0.4 is 5.46 Å². The van der Waals surface area contributed by atoms with Gasteiger partial charge in [0.1, 0.15) is 7.85 Å². The van der Waals surface area contributed by atoms with Gasteiger partial charge in [-0.25, -0.2) is 0 Å². The lowest BCUT2D eigenvalue weighted by Gasteiger charge is -2.01. The third-order valence-electron chi connectivity index (χ3n) is 1.28. The van der Waals surface area contributed by atoms with Crippen LogP contribution >= 0.6 is 31.9 Å². The van der Waals surface area contributed by atoms with Crippen molar-refractivity contribution in [3.05, 3.63) is 26.6 Å². The van der Waals surface area contributed by atoms with Gasteiger partial charge in [-0.2, -0.15) is 0 Å². The molecule has 0 saturated heterocycles. The Hall–Kier alpha value is 0.245. The molecule has 0 bridgehead atoms. The highest BCUT2D eigenvalue weighted by Crippen LogP contribution is 2.17. The second kappa shape index (κ2) is 3.10. The van der Waals surface area contributed by atoms with Gasteiger partial charge in [0, 0.05) is 8.95 Å². The Bertz CT molecular complexity index is 208. The van der Waals surface area contributed by atoms with E-state index in [9.17, 15) is 0 Å². The van der Waals surface area contributed by atoms with Gasteiger partial charge in [0.25, 0.3) is 0 Å². The van der Waals surface area contributed by atoms with E-state index in [1.54, 1.807) is 0 Å². The van der Waals surface area contributed by atoms with E-state index in [-0.39, 0.29) is 0 Å². The van der Waals surface area contributed by atoms with Crippen LogP contribution in [-0.2, 0) is 0 Å². The van der Waals surface area contributed by atoms with E-state index < -0.39 is 0 Å². The van der Waals surface area contributed by atoms with Crippen molar-refractivity contribution < 1.29 is 0 Å². The largest absolute Gasteiger partial charge is 0.115 e. The minimum Gasteiger partial charge on any atom is -0.0816 e. The first-order valence-electron chi connectivity index (χ1n) is 2.82. The maximum absolute atomic E-state index is 5.61. The highest BCUT2D eigenvalue weighted by atomic mass is 79.9. The molecule has 0 unspecified atom stereocenters. The van der Waals surface area contributed by atoms with Crippen LogP contribution in [0.15, 0.2) is 21.1 Å². The highest BCUT2D eigenvalue weighted by molar-refractivity contribution is 9.11. The summed E-state index contributed by atoms with van der Waals surface area (Å²) in [6, 6.07) is 3.87. The van der Waals surface area contributed by atoms with Crippen LogP contribution in [0.4, 0.5) is 0 Å². The van der Waals surface area contributed by atoms with Crippen LogP contribution in [-0.4, -0.2) is 7.85 Å². The van der Waals surface area contributed by atoms with E-state index in [1.807, 2.05) is 19.1 Å². The summed E-state index contributed by atoms with van der Waals surface area (Å²) in [4.78, 5) is 0. The molecule has 0 amide bonds. The third-order valence-corrected chi connectivity index (χ3v) is 2.82. The first-order valence-corrected chi connectivity index (χ1v) is 4.41. The lowest BCUT2D eigenvalue weighted by atomic mass is 9.95. The quantitative estimate of drug-likeness (QED) is 0.628. The predicted molar refractivity (Wildman–Crippen MR) is 52.0 cm³/mol. The average Bonchev–Trinajstić information content (AvgIpc) is 1.84. The number of aryl methyl sites for hydroxylation is 1. The van der Waals surface area contributed by atoms with Crippen molar-refractivity contribution >= 4 is 45.2 Å². The molecule has 0 N–H and O–H groups in total. The summed E-state index contributed by atoms with van der Waals surface area (Å²) in [6.07, 6.45) is 0. The molecule has 0 spiro atoms. The van der Waals surface area contributed by atoms with E-state index >= 15 is 0 Å². The molecule has 1 aromatic rings. The summed E-state index contributed by atoms with van der Waals surface area (Å²) >= 11 is 6.71. The SMILES string of the molecule is [B]c1cc(Br)c(C)cc1Br. The van der Waals surface area contributed by atoms with E-state index in [4.69, 9.17) is 7.85 Å². The zero-order valence-corrected chi connectivity index (χ0v) is 8.66.